The van der Waals surface area contributed by atoms with Crippen molar-refractivity contribution < 1.29 is 54.5 Å². The summed E-state index contributed by atoms with van der Waals surface area (Å²) in [5.74, 6) is -3.90. The van der Waals surface area contributed by atoms with E-state index in [0.717, 1.165) is 91.2 Å². The maximum Gasteiger partial charge on any atom is 0.338 e. The van der Waals surface area contributed by atoms with E-state index in [2.05, 4.69) is 50.3 Å². The van der Waals surface area contributed by atoms with E-state index in [1.807, 2.05) is 26.0 Å². The molecule has 0 spiro atoms. The lowest BCUT2D eigenvalue weighted by Gasteiger charge is -2.26. The van der Waals surface area contributed by atoms with Crippen LogP contribution in [0.5, 0.6) is 0 Å². The Hall–Kier alpha value is -4.65. The van der Waals surface area contributed by atoms with E-state index in [-0.39, 0.29) is 23.5 Å². The summed E-state index contributed by atoms with van der Waals surface area (Å²) in [6.45, 7) is 14.9. The first kappa shape index (κ1) is 55.4. The van der Waals surface area contributed by atoms with Crippen molar-refractivity contribution in [3.8, 4) is 0 Å². The molecule has 2 aliphatic rings. The maximum atomic E-state index is 12.6. The van der Waals surface area contributed by atoms with E-state index in [9.17, 15) is 19.5 Å². The summed E-state index contributed by atoms with van der Waals surface area (Å²) >= 11 is 0. The van der Waals surface area contributed by atoms with E-state index in [1.165, 1.54) is 38.7 Å². The lowest BCUT2D eigenvalue weighted by atomic mass is 9.94. The van der Waals surface area contributed by atoms with E-state index >= 15 is 0 Å². The average molecular weight is 863 g/mol. The molecule has 0 aliphatic carbocycles. The summed E-state index contributed by atoms with van der Waals surface area (Å²) in [5.41, 5.74) is 8.42. The molecule has 11 heteroatoms. The molecule has 6 N–H and O–H groups in total. The van der Waals surface area contributed by atoms with Crippen molar-refractivity contribution in [2.24, 2.45) is 0 Å². The molecule has 2 heterocycles. The summed E-state index contributed by atoms with van der Waals surface area (Å²) in [6.07, 6.45) is 21.3. The van der Waals surface area contributed by atoms with Crippen molar-refractivity contribution in [1.29, 1.82) is 0 Å². The number of allylic oxidation sites excluding steroid dienone is 2. The van der Waals surface area contributed by atoms with Crippen LogP contribution in [0.15, 0.2) is 78.9 Å². The number of aromatic carboxylic acids is 1. The highest BCUT2D eigenvalue weighted by atomic mass is 16.6. The zero-order valence-corrected chi connectivity index (χ0v) is 38.4. The van der Waals surface area contributed by atoms with Crippen molar-refractivity contribution in [3.63, 3.8) is 0 Å². The number of aliphatic hydroxyl groups is 3. The van der Waals surface area contributed by atoms with E-state index in [4.69, 9.17) is 29.5 Å². The van der Waals surface area contributed by atoms with Gasteiger partial charge in [0.1, 0.15) is 0 Å². The normalized spacial score (nSPS) is 17.8. The Morgan fingerprint density at radius 3 is 1.55 bits per heavy atom. The van der Waals surface area contributed by atoms with E-state index < -0.39 is 17.5 Å². The van der Waals surface area contributed by atoms with Crippen LogP contribution >= 0.6 is 0 Å². The Labute approximate surface area is 370 Å². The molecule has 0 amide bonds. The van der Waals surface area contributed by atoms with Gasteiger partial charge in [-0.25, -0.2) is 14.4 Å². The molecule has 62 heavy (non-hydrogen) atoms. The first-order valence-electron chi connectivity index (χ1n) is 21.7. The molecule has 0 saturated carbocycles. The zero-order chi connectivity index (χ0) is 45.4. The zero-order valence-electron chi connectivity index (χ0n) is 38.4. The number of cyclic esters (lactones) is 2. The molecule has 5 rings (SSSR count). The van der Waals surface area contributed by atoms with Crippen LogP contribution in [0, 0.1) is 27.7 Å². The smallest absolute Gasteiger partial charge is 0.338 e. The van der Waals surface area contributed by atoms with E-state index in [1.54, 1.807) is 44.2 Å². The van der Waals surface area contributed by atoms with Gasteiger partial charge in [0.2, 0.25) is 0 Å². The van der Waals surface area contributed by atoms with Crippen LogP contribution < -0.4 is 0 Å². The molecular formula is C51H74O11. The Morgan fingerprint density at radius 1 is 0.629 bits per heavy atom. The van der Waals surface area contributed by atoms with Crippen molar-refractivity contribution in [2.75, 3.05) is 13.2 Å². The maximum absolute atomic E-state index is 12.6. The number of carbonyl (C=O) groups excluding carboxylic acids is 2. The van der Waals surface area contributed by atoms with Crippen LogP contribution in [0.1, 0.15) is 163 Å². The summed E-state index contributed by atoms with van der Waals surface area (Å²) < 4.78 is 16.7. The quantitative estimate of drug-likeness (QED) is 0.112. The summed E-state index contributed by atoms with van der Waals surface area (Å²) in [6, 6.07) is 16.6. The lowest BCUT2D eigenvalue weighted by Crippen LogP contribution is -2.30. The fourth-order valence-corrected chi connectivity index (χ4v) is 7.13. The molecule has 0 aromatic heterocycles. The summed E-state index contributed by atoms with van der Waals surface area (Å²) in [5, 5.41) is 34.5. The standard InChI is InChI=1S/C22H32O4.C19H26O2.C7H6O2.C3H8O2.H2O/c1-16-14-17(2)20-18(15-16)10-9-12-19(26-22(3,4)24)11-7-5-6-8-13-25-21(20)23;1-15-13-16(2)18-17(14-15)11-9-7-5-3-4-6-8-10-12-21-19(18)20;8-7(9)6-4-2-1-3-5-6;1-3(2,4)5;/h5-6,14-15,19,24H,7-13H2,1-4H3;6,8,13-14H,3-5,7,9-12H2,1-2H3;1-5H,(H,8,9);4-5H,1-2H3;1H2/b6-5-;8-6-;;;/t19-;;;;/m1..../s1. The predicted molar refractivity (Wildman–Crippen MR) is 246 cm³/mol. The number of benzene rings is 3. The molecule has 3 aromatic rings. The van der Waals surface area contributed by atoms with E-state index in [0.29, 0.717) is 30.8 Å². The molecule has 3 aromatic carbocycles. The SMILES string of the molecule is CC(C)(O)O.Cc1cc(C)c2c(c1)CCCCCC/C=C\CCOC2=O.Cc1cc(C)c2c(c1)CCC[C@H](OC(C)(C)O)CC/C=C\CCOC2=O.O.O=C(O)c1ccccc1. The molecule has 0 radical (unpaired) electrons. The molecular weight excluding hydrogens is 789 g/mol. The van der Waals surface area contributed by atoms with Crippen LogP contribution in [-0.4, -0.2) is 74.7 Å². The van der Waals surface area contributed by atoms with Gasteiger partial charge in [-0.2, -0.15) is 0 Å². The summed E-state index contributed by atoms with van der Waals surface area (Å²) in [4.78, 5) is 35.1. The van der Waals surface area contributed by atoms with Gasteiger partial charge in [0.15, 0.2) is 11.6 Å². The van der Waals surface area contributed by atoms with Crippen molar-refractivity contribution >= 4 is 17.9 Å². The Morgan fingerprint density at radius 2 is 1.08 bits per heavy atom. The molecule has 0 unspecified atom stereocenters. The first-order valence-corrected chi connectivity index (χ1v) is 21.7. The second-order valence-electron chi connectivity index (χ2n) is 16.8. The number of fused-ring (bicyclic) bond motifs is 2. The second kappa shape index (κ2) is 28.9. The Kier molecular flexibility index (Phi) is 25.8. The number of hydrogen-bond acceptors (Lipinski definition) is 9. The highest BCUT2D eigenvalue weighted by molar-refractivity contribution is 5.93. The van der Waals surface area contributed by atoms with Crippen LogP contribution in [0.3, 0.4) is 0 Å². The molecule has 0 saturated heterocycles. The Bertz CT molecular complexity index is 1840. The van der Waals surface area contributed by atoms with Gasteiger partial charge >= 0.3 is 17.9 Å². The monoisotopic (exact) mass is 863 g/mol. The average Bonchev–Trinajstić information content (AvgIpc) is 3.15. The van der Waals surface area contributed by atoms with Crippen molar-refractivity contribution in [3.05, 3.63) is 129 Å². The number of hydrogen-bond donors (Lipinski definition) is 4. The molecule has 1 atom stereocenters. The predicted octanol–water partition coefficient (Wildman–Crippen LogP) is 9.82. The number of ether oxygens (including phenoxy) is 3. The third-order valence-electron chi connectivity index (χ3n) is 9.57. The minimum atomic E-state index is -1.50. The molecule has 11 nitrogen and oxygen atoms in total. The van der Waals surface area contributed by atoms with Crippen LogP contribution in [-0.2, 0) is 27.1 Å². The number of aryl methyl sites for hydroxylation is 6. The number of carboxylic acid groups (broad SMARTS) is 1. The topological polar surface area (TPSA) is 191 Å². The Balaban J connectivity index is 0.000000473. The molecule has 344 valence electrons. The van der Waals surface area contributed by atoms with Gasteiger partial charge in [-0.1, -0.05) is 90.7 Å². The third-order valence-corrected chi connectivity index (χ3v) is 9.57. The van der Waals surface area contributed by atoms with Gasteiger partial charge in [0.25, 0.3) is 0 Å². The number of carbonyl (C=O) groups is 3. The fourth-order valence-electron chi connectivity index (χ4n) is 7.13. The number of carboxylic acids is 1. The largest absolute Gasteiger partial charge is 0.478 e. The van der Waals surface area contributed by atoms with Crippen molar-refractivity contribution in [2.45, 2.75) is 157 Å². The number of rotatable bonds is 3. The second-order valence-corrected chi connectivity index (χ2v) is 16.8. The highest BCUT2D eigenvalue weighted by Crippen LogP contribution is 2.24. The van der Waals surface area contributed by atoms with Gasteiger partial charge in [-0.15, -0.1) is 0 Å². The van der Waals surface area contributed by atoms with Gasteiger partial charge in [-0.3, -0.25) is 0 Å². The minimum Gasteiger partial charge on any atom is -0.478 e. The molecule has 2 aliphatic heterocycles. The van der Waals surface area contributed by atoms with Crippen LogP contribution in [0.4, 0.5) is 0 Å². The van der Waals surface area contributed by atoms with Gasteiger partial charge in [-0.05, 0) is 160 Å². The number of esters is 2. The summed E-state index contributed by atoms with van der Waals surface area (Å²) in [7, 11) is 0. The highest BCUT2D eigenvalue weighted by Gasteiger charge is 2.22. The van der Waals surface area contributed by atoms with Crippen LogP contribution in [0.25, 0.3) is 0 Å². The molecule has 0 fully saturated rings. The van der Waals surface area contributed by atoms with Crippen LogP contribution in [0.2, 0.25) is 0 Å². The van der Waals surface area contributed by atoms with Gasteiger partial charge in [0, 0.05) is 0 Å². The lowest BCUT2D eigenvalue weighted by molar-refractivity contribution is -0.208. The first-order chi connectivity index (χ1) is 28.7. The van der Waals surface area contributed by atoms with Gasteiger partial charge < -0.3 is 40.1 Å². The van der Waals surface area contributed by atoms with Crippen molar-refractivity contribution in [1.82, 2.24) is 0 Å². The molecule has 0 bridgehead atoms. The minimum absolute atomic E-state index is 0. The third kappa shape index (κ3) is 24.1. The fraction of sp³-hybridized carbons (Fsp3) is 0.510. The van der Waals surface area contributed by atoms with Gasteiger partial charge in [0.05, 0.1) is 36.0 Å².